The highest BCUT2D eigenvalue weighted by molar-refractivity contribution is 5.10. The van der Waals surface area contributed by atoms with Crippen LogP contribution in [0.2, 0.25) is 0 Å². The lowest BCUT2D eigenvalue weighted by atomic mass is 10.2. The summed E-state index contributed by atoms with van der Waals surface area (Å²) in [5, 5.41) is 3.38. The van der Waals surface area contributed by atoms with Gasteiger partial charge < -0.3 is 10.1 Å². The Morgan fingerprint density at radius 1 is 1.40 bits per heavy atom. The van der Waals surface area contributed by atoms with Crippen LogP contribution >= 0.6 is 0 Å². The van der Waals surface area contributed by atoms with Crippen molar-refractivity contribution in [2.24, 2.45) is 0 Å². The summed E-state index contributed by atoms with van der Waals surface area (Å²) in [7, 11) is 0. The quantitative estimate of drug-likeness (QED) is 0.755. The Labute approximate surface area is 90.2 Å². The average molecular weight is 204 g/mol. The smallest absolute Gasteiger partial charge is 0.0689 e. The summed E-state index contributed by atoms with van der Waals surface area (Å²) in [6.45, 7) is 3.42. The van der Waals surface area contributed by atoms with E-state index < -0.39 is 0 Å². The van der Waals surface area contributed by atoms with E-state index in [9.17, 15) is 0 Å². The molecule has 1 aliphatic rings. The van der Waals surface area contributed by atoms with E-state index in [1.54, 1.807) is 6.20 Å². The van der Waals surface area contributed by atoms with Gasteiger partial charge in [-0.15, -0.1) is 0 Å². The molecule has 0 saturated carbocycles. The largest absolute Gasteiger partial charge is 0.377 e. The van der Waals surface area contributed by atoms with Gasteiger partial charge in [0.1, 0.15) is 0 Å². The zero-order valence-electron chi connectivity index (χ0n) is 8.78. The third-order valence-electron chi connectivity index (χ3n) is 2.39. The topological polar surface area (TPSA) is 34.2 Å². The van der Waals surface area contributed by atoms with Crippen molar-refractivity contribution in [2.75, 3.05) is 19.8 Å². The Balaban J connectivity index is 1.73. The van der Waals surface area contributed by atoms with E-state index in [0.717, 1.165) is 32.7 Å². The van der Waals surface area contributed by atoms with Gasteiger partial charge in [-0.05, 0) is 23.6 Å². The average Bonchev–Trinajstić information content (AvgIpc) is 2.32. The zero-order chi connectivity index (χ0) is 10.3. The van der Waals surface area contributed by atoms with Crippen LogP contribution in [0.15, 0.2) is 36.2 Å². The molecule has 0 unspecified atom stereocenters. The highest BCUT2D eigenvalue weighted by Crippen LogP contribution is 2.04. The monoisotopic (exact) mass is 204 g/mol. The van der Waals surface area contributed by atoms with Crippen molar-refractivity contribution in [1.29, 1.82) is 0 Å². The van der Waals surface area contributed by atoms with E-state index in [1.165, 1.54) is 11.1 Å². The minimum atomic E-state index is 0.778. The number of aromatic nitrogens is 1. The predicted molar refractivity (Wildman–Crippen MR) is 59.5 cm³/mol. The molecule has 0 atom stereocenters. The van der Waals surface area contributed by atoms with Crippen LogP contribution < -0.4 is 5.32 Å². The third kappa shape index (κ3) is 3.46. The van der Waals surface area contributed by atoms with Crippen molar-refractivity contribution in [3.8, 4) is 0 Å². The number of rotatable bonds is 4. The Kier molecular flexibility index (Phi) is 3.88. The highest BCUT2D eigenvalue weighted by atomic mass is 16.5. The Hall–Kier alpha value is -1.19. The first kappa shape index (κ1) is 10.3. The minimum absolute atomic E-state index is 0.778. The Bertz CT molecular complexity index is 322. The molecule has 0 radical (unpaired) electrons. The number of hydrogen-bond donors (Lipinski definition) is 1. The molecule has 0 saturated heterocycles. The van der Waals surface area contributed by atoms with Crippen LogP contribution in [-0.2, 0) is 11.3 Å². The van der Waals surface area contributed by atoms with E-state index in [0.29, 0.717) is 0 Å². The molecule has 0 bridgehead atoms. The molecule has 3 nitrogen and oxygen atoms in total. The number of pyridine rings is 1. The van der Waals surface area contributed by atoms with Crippen molar-refractivity contribution in [2.45, 2.75) is 13.0 Å². The fourth-order valence-corrected chi connectivity index (χ4v) is 1.60. The summed E-state index contributed by atoms with van der Waals surface area (Å²) in [4.78, 5) is 4.07. The van der Waals surface area contributed by atoms with E-state index in [1.807, 2.05) is 12.3 Å². The van der Waals surface area contributed by atoms with Crippen molar-refractivity contribution in [3.63, 3.8) is 0 Å². The maximum atomic E-state index is 5.36. The molecule has 2 heterocycles. The Morgan fingerprint density at radius 2 is 2.40 bits per heavy atom. The van der Waals surface area contributed by atoms with Gasteiger partial charge in [-0.1, -0.05) is 12.1 Å². The van der Waals surface area contributed by atoms with E-state index in [-0.39, 0.29) is 0 Å². The van der Waals surface area contributed by atoms with Gasteiger partial charge in [-0.2, -0.15) is 0 Å². The van der Waals surface area contributed by atoms with Gasteiger partial charge >= 0.3 is 0 Å². The van der Waals surface area contributed by atoms with Crippen LogP contribution in [0.3, 0.4) is 0 Å². The van der Waals surface area contributed by atoms with Gasteiger partial charge in [0.25, 0.3) is 0 Å². The molecule has 1 aromatic heterocycles. The van der Waals surface area contributed by atoms with Gasteiger partial charge in [0, 0.05) is 25.5 Å². The second-order valence-corrected chi connectivity index (χ2v) is 3.67. The van der Waals surface area contributed by atoms with Gasteiger partial charge in [0.05, 0.1) is 13.2 Å². The van der Waals surface area contributed by atoms with Crippen LogP contribution in [0.1, 0.15) is 12.0 Å². The van der Waals surface area contributed by atoms with Crippen LogP contribution in [0, 0.1) is 0 Å². The van der Waals surface area contributed by atoms with Gasteiger partial charge in [0.2, 0.25) is 0 Å². The van der Waals surface area contributed by atoms with E-state index in [4.69, 9.17) is 4.74 Å². The summed E-state index contributed by atoms with van der Waals surface area (Å²) >= 11 is 0. The lowest BCUT2D eigenvalue weighted by molar-refractivity contribution is 0.149. The molecular weight excluding hydrogens is 188 g/mol. The number of hydrogen-bond acceptors (Lipinski definition) is 3. The zero-order valence-corrected chi connectivity index (χ0v) is 8.78. The molecule has 0 aliphatic carbocycles. The van der Waals surface area contributed by atoms with Crippen molar-refractivity contribution in [3.05, 3.63) is 41.7 Å². The molecule has 0 aromatic carbocycles. The van der Waals surface area contributed by atoms with Crippen molar-refractivity contribution < 1.29 is 4.74 Å². The molecule has 15 heavy (non-hydrogen) atoms. The van der Waals surface area contributed by atoms with Crippen LogP contribution in [-0.4, -0.2) is 24.7 Å². The number of nitrogens with zero attached hydrogens (tertiary/aromatic N) is 1. The summed E-state index contributed by atoms with van der Waals surface area (Å²) in [5.74, 6) is 0. The van der Waals surface area contributed by atoms with Crippen molar-refractivity contribution >= 4 is 0 Å². The van der Waals surface area contributed by atoms with Crippen LogP contribution in [0.4, 0.5) is 0 Å². The lowest BCUT2D eigenvalue weighted by Gasteiger charge is -2.14. The summed E-state index contributed by atoms with van der Waals surface area (Å²) in [5.41, 5.74) is 2.57. The highest BCUT2D eigenvalue weighted by Gasteiger charge is 2.02. The first-order chi connectivity index (χ1) is 7.45. The molecule has 0 fully saturated rings. The van der Waals surface area contributed by atoms with Gasteiger partial charge in [0.15, 0.2) is 0 Å². The van der Waals surface area contributed by atoms with Crippen LogP contribution in [0.25, 0.3) is 0 Å². The number of nitrogens with one attached hydrogen (secondary N) is 1. The minimum Gasteiger partial charge on any atom is -0.377 e. The predicted octanol–water partition coefficient (Wildman–Crippen LogP) is 1.52. The summed E-state index contributed by atoms with van der Waals surface area (Å²) < 4.78 is 5.36. The van der Waals surface area contributed by atoms with E-state index in [2.05, 4.69) is 22.4 Å². The fraction of sp³-hybridized carbons (Fsp3) is 0.417. The Morgan fingerprint density at radius 3 is 3.13 bits per heavy atom. The maximum Gasteiger partial charge on any atom is 0.0689 e. The van der Waals surface area contributed by atoms with Crippen molar-refractivity contribution in [1.82, 2.24) is 10.3 Å². The van der Waals surface area contributed by atoms with Crippen LogP contribution in [0.5, 0.6) is 0 Å². The normalized spacial score (nSPS) is 16.1. The van der Waals surface area contributed by atoms with Gasteiger partial charge in [-0.25, -0.2) is 0 Å². The third-order valence-corrected chi connectivity index (χ3v) is 2.39. The molecule has 0 spiro atoms. The molecule has 3 heteroatoms. The molecule has 2 rings (SSSR count). The SMILES string of the molecule is C1=C(CNCc2cccnc2)COCC1. The standard InChI is InChI=1S/C12H16N2O/c1-3-11(7-13-5-1)8-14-9-12-4-2-6-15-10-12/h1,3-5,7,14H,2,6,8-10H2. The lowest BCUT2D eigenvalue weighted by Crippen LogP contribution is -2.21. The first-order valence-electron chi connectivity index (χ1n) is 5.30. The second-order valence-electron chi connectivity index (χ2n) is 3.67. The molecule has 80 valence electrons. The van der Waals surface area contributed by atoms with E-state index >= 15 is 0 Å². The summed E-state index contributed by atoms with van der Waals surface area (Å²) in [6, 6.07) is 4.03. The molecule has 0 amide bonds. The second kappa shape index (κ2) is 5.63. The first-order valence-corrected chi connectivity index (χ1v) is 5.30. The molecular formula is C12H16N2O. The van der Waals surface area contributed by atoms with Gasteiger partial charge in [-0.3, -0.25) is 4.98 Å². The maximum absolute atomic E-state index is 5.36. The number of ether oxygens (including phenoxy) is 1. The molecule has 1 N–H and O–H groups in total. The molecule has 1 aliphatic heterocycles. The fourth-order valence-electron chi connectivity index (χ4n) is 1.60. The summed E-state index contributed by atoms with van der Waals surface area (Å²) in [6.07, 6.45) is 6.99. The molecule has 1 aromatic rings.